The maximum Gasteiger partial charge on any atom is 0.182 e. The van der Waals surface area contributed by atoms with Gasteiger partial charge >= 0.3 is 0 Å². The number of rotatable bonds is 0. The molecule has 2 unspecified atom stereocenters. The summed E-state index contributed by atoms with van der Waals surface area (Å²) in [5.41, 5.74) is 0. The second-order valence-electron chi connectivity index (χ2n) is 2.50. The molecule has 0 amide bonds. The van der Waals surface area contributed by atoms with Crippen LogP contribution in [-0.2, 0) is 4.74 Å². The van der Waals surface area contributed by atoms with E-state index in [1.165, 1.54) is 0 Å². The summed E-state index contributed by atoms with van der Waals surface area (Å²) in [6, 6.07) is 0.407. The van der Waals surface area contributed by atoms with E-state index < -0.39 is 0 Å². The molecule has 9 heavy (non-hydrogen) atoms. The molecule has 1 fully saturated rings. The summed E-state index contributed by atoms with van der Waals surface area (Å²) in [5.74, 6) is 0.831. The van der Waals surface area contributed by atoms with Crippen LogP contribution in [0.3, 0.4) is 0 Å². The molecule has 1 N–H and O–H groups in total. The fraction of sp³-hybridized carbons (Fsp3) is 0.833. The van der Waals surface area contributed by atoms with E-state index in [4.69, 9.17) is 4.74 Å². The maximum absolute atomic E-state index is 5.32. The van der Waals surface area contributed by atoms with E-state index in [0.717, 1.165) is 18.9 Å². The Kier molecular flexibility index (Phi) is 0.990. The van der Waals surface area contributed by atoms with Crippen LogP contribution in [0.2, 0.25) is 0 Å². The minimum atomic E-state index is 0.199. The Balaban J connectivity index is 2.13. The lowest BCUT2D eigenvalue weighted by atomic mass is 10.3. The summed E-state index contributed by atoms with van der Waals surface area (Å²) in [6.45, 7) is 2.95. The van der Waals surface area contributed by atoms with Gasteiger partial charge in [0.15, 0.2) is 12.1 Å². The van der Waals surface area contributed by atoms with E-state index in [0.29, 0.717) is 6.04 Å². The highest BCUT2D eigenvalue weighted by molar-refractivity contribution is 5.75. The normalized spacial score (nSPS) is 39.9. The first-order chi connectivity index (χ1) is 4.36. The zero-order chi connectivity index (χ0) is 6.27. The van der Waals surface area contributed by atoms with Gasteiger partial charge in [-0.25, -0.2) is 4.99 Å². The van der Waals surface area contributed by atoms with Crippen LogP contribution in [0.1, 0.15) is 13.3 Å². The molecule has 0 saturated carbocycles. The van der Waals surface area contributed by atoms with Crippen molar-refractivity contribution in [2.45, 2.75) is 25.6 Å². The van der Waals surface area contributed by atoms with Gasteiger partial charge in [0, 0.05) is 13.5 Å². The van der Waals surface area contributed by atoms with E-state index in [1.54, 1.807) is 0 Å². The minimum Gasteiger partial charge on any atom is -0.460 e. The van der Waals surface area contributed by atoms with Crippen molar-refractivity contribution >= 4 is 5.90 Å². The Morgan fingerprint density at radius 3 is 3.44 bits per heavy atom. The smallest absolute Gasteiger partial charge is 0.182 e. The number of aliphatic imine (C=N–C) groups is 1. The average Bonchev–Trinajstić information content (AvgIpc) is 2.22. The molecule has 2 atom stereocenters. The zero-order valence-electron chi connectivity index (χ0n) is 5.42. The average molecular weight is 126 g/mol. The van der Waals surface area contributed by atoms with Crippen molar-refractivity contribution in [2.75, 3.05) is 6.54 Å². The van der Waals surface area contributed by atoms with Gasteiger partial charge in [-0.1, -0.05) is 0 Å². The number of nitrogens with zero attached hydrogens (tertiary/aromatic N) is 1. The van der Waals surface area contributed by atoms with Crippen LogP contribution < -0.4 is 5.32 Å². The van der Waals surface area contributed by atoms with Gasteiger partial charge in [0.05, 0.1) is 0 Å². The lowest BCUT2D eigenvalue weighted by Crippen LogP contribution is -2.28. The lowest BCUT2D eigenvalue weighted by Gasteiger charge is -2.06. The molecule has 1 saturated heterocycles. The quantitative estimate of drug-likeness (QED) is 0.500. The first-order valence-electron chi connectivity index (χ1n) is 3.31. The Bertz CT molecular complexity index is 155. The van der Waals surface area contributed by atoms with Gasteiger partial charge in [-0.2, -0.15) is 0 Å². The molecule has 2 aliphatic rings. The topological polar surface area (TPSA) is 33.6 Å². The Labute approximate surface area is 54.1 Å². The first-order valence-corrected chi connectivity index (χ1v) is 3.31. The molecule has 50 valence electrons. The van der Waals surface area contributed by atoms with Crippen molar-refractivity contribution in [1.29, 1.82) is 0 Å². The van der Waals surface area contributed by atoms with E-state index in [1.807, 2.05) is 6.92 Å². The van der Waals surface area contributed by atoms with Gasteiger partial charge in [-0.05, 0) is 6.42 Å². The largest absolute Gasteiger partial charge is 0.460 e. The number of hydrogen-bond acceptors (Lipinski definition) is 3. The second kappa shape index (κ2) is 1.70. The van der Waals surface area contributed by atoms with Gasteiger partial charge in [-0.15, -0.1) is 0 Å². The Morgan fingerprint density at radius 2 is 2.67 bits per heavy atom. The molecule has 2 heterocycles. The number of hydrogen-bond donors (Lipinski definition) is 1. The van der Waals surface area contributed by atoms with Crippen molar-refractivity contribution in [2.24, 2.45) is 4.99 Å². The molecule has 0 bridgehead atoms. The van der Waals surface area contributed by atoms with Crippen molar-refractivity contribution in [3.8, 4) is 0 Å². The van der Waals surface area contributed by atoms with Crippen molar-refractivity contribution in [3.63, 3.8) is 0 Å². The van der Waals surface area contributed by atoms with Gasteiger partial charge in [0.1, 0.15) is 6.04 Å². The number of nitrogens with one attached hydrogen (secondary N) is 1. The fourth-order valence-electron chi connectivity index (χ4n) is 1.36. The molecule has 0 spiro atoms. The summed E-state index contributed by atoms with van der Waals surface area (Å²) < 4.78 is 5.32. The van der Waals surface area contributed by atoms with Crippen LogP contribution in [0, 0.1) is 0 Å². The summed E-state index contributed by atoms with van der Waals surface area (Å²) in [7, 11) is 0. The molecule has 0 aromatic carbocycles. The predicted molar refractivity (Wildman–Crippen MR) is 34.4 cm³/mol. The monoisotopic (exact) mass is 126 g/mol. The van der Waals surface area contributed by atoms with E-state index >= 15 is 0 Å². The Morgan fingerprint density at radius 1 is 1.78 bits per heavy atom. The molecule has 0 aromatic rings. The SMILES string of the molecule is CC1=NC2CCNC2O1. The number of ether oxygens (including phenoxy) is 1. The van der Waals surface area contributed by atoms with Crippen molar-refractivity contribution in [1.82, 2.24) is 5.32 Å². The van der Waals surface area contributed by atoms with Gasteiger partial charge in [0.2, 0.25) is 0 Å². The standard InChI is InChI=1S/C6H10N2O/c1-4-8-5-2-3-7-6(5)9-4/h5-7H,2-3H2,1H3. The molecular weight excluding hydrogens is 116 g/mol. The van der Waals surface area contributed by atoms with Gasteiger partial charge in [0.25, 0.3) is 0 Å². The number of fused-ring (bicyclic) bond motifs is 1. The van der Waals surface area contributed by atoms with Gasteiger partial charge < -0.3 is 4.74 Å². The molecule has 2 rings (SSSR count). The van der Waals surface area contributed by atoms with Crippen molar-refractivity contribution in [3.05, 3.63) is 0 Å². The summed E-state index contributed by atoms with van der Waals surface area (Å²) in [5, 5.41) is 3.21. The predicted octanol–water partition coefficient (Wildman–Crippen LogP) is 0.123. The highest BCUT2D eigenvalue weighted by Gasteiger charge is 2.32. The van der Waals surface area contributed by atoms with Crippen LogP contribution in [-0.4, -0.2) is 24.7 Å². The van der Waals surface area contributed by atoms with Crippen LogP contribution >= 0.6 is 0 Å². The van der Waals surface area contributed by atoms with Crippen LogP contribution in [0.25, 0.3) is 0 Å². The fourth-order valence-corrected chi connectivity index (χ4v) is 1.36. The minimum absolute atomic E-state index is 0.199. The van der Waals surface area contributed by atoms with Crippen LogP contribution in [0.4, 0.5) is 0 Å². The highest BCUT2D eigenvalue weighted by atomic mass is 16.5. The van der Waals surface area contributed by atoms with Gasteiger partial charge in [-0.3, -0.25) is 5.32 Å². The molecule has 0 aliphatic carbocycles. The first kappa shape index (κ1) is 5.23. The van der Waals surface area contributed by atoms with E-state index in [9.17, 15) is 0 Å². The third kappa shape index (κ3) is 0.721. The lowest BCUT2D eigenvalue weighted by molar-refractivity contribution is 0.186. The van der Waals surface area contributed by atoms with Crippen LogP contribution in [0.15, 0.2) is 4.99 Å². The third-order valence-electron chi connectivity index (χ3n) is 1.78. The zero-order valence-corrected chi connectivity index (χ0v) is 5.42. The summed E-state index contributed by atoms with van der Waals surface area (Å²) in [4.78, 5) is 4.28. The molecule has 3 nitrogen and oxygen atoms in total. The maximum atomic E-state index is 5.32. The summed E-state index contributed by atoms with van der Waals surface area (Å²) in [6.07, 6.45) is 1.33. The third-order valence-corrected chi connectivity index (χ3v) is 1.78. The Hall–Kier alpha value is -0.570. The molecule has 2 aliphatic heterocycles. The molecular formula is C6H10N2O. The van der Waals surface area contributed by atoms with E-state index in [-0.39, 0.29) is 6.23 Å². The molecule has 0 aromatic heterocycles. The second-order valence-corrected chi connectivity index (χ2v) is 2.50. The highest BCUT2D eigenvalue weighted by Crippen LogP contribution is 2.18. The molecule has 0 radical (unpaired) electrons. The van der Waals surface area contributed by atoms with E-state index in [2.05, 4.69) is 10.3 Å². The molecule has 3 heteroatoms. The van der Waals surface area contributed by atoms with Crippen LogP contribution in [0.5, 0.6) is 0 Å². The van der Waals surface area contributed by atoms with Crippen molar-refractivity contribution < 1.29 is 4.74 Å². The summed E-state index contributed by atoms with van der Waals surface area (Å²) >= 11 is 0.